The molecule has 1 unspecified atom stereocenters. The van der Waals surface area contributed by atoms with Gasteiger partial charge in [0.2, 0.25) is 0 Å². The Morgan fingerprint density at radius 3 is 2.67 bits per heavy atom. The maximum atomic E-state index is 6.19. The second kappa shape index (κ2) is 5.59. The summed E-state index contributed by atoms with van der Waals surface area (Å²) >= 11 is 12.1. The number of hydrogen-bond donors (Lipinski definition) is 1. The van der Waals surface area contributed by atoms with Crippen molar-refractivity contribution in [3.63, 3.8) is 0 Å². The molecule has 1 heterocycles. The third-order valence-electron chi connectivity index (χ3n) is 2.84. The molecule has 0 radical (unpaired) electrons. The van der Waals surface area contributed by atoms with E-state index >= 15 is 0 Å². The molecule has 1 N–H and O–H groups in total. The minimum absolute atomic E-state index is 0.0951. The monoisotopic (exact) mass is 280 g/mol. The van der Waals surface area contributed by atoms with Gasteiger partial charge in [-0.05, 0) is 43.2 Å². The fourth-order valence-corrected chi connectivity index (χ4v) is 2.35. The van der Waals surface area contributed by atoms with Crippen LogP contribution < -0.4 is 5.32 Å². The van der Waals surface area contributed by atoms with E-state index in [4.69, 9.17) is 23.2 Å². The fourth-order valence-electron chi connectivity index (χ4n) is 1.78. The molecule has 18 heavy (non-hydrogen) atoms. The van der Waals surface area contributed by atoms with Crippen molar-refractivity contribution in [2.24, 2.45) is 0 Å². The van der Waals surface area contributed by atoms with Gasteiger partial charge in [-0.15, -0.1) is 0 Å². The first-order valence-corrected chi connectivity index (χ1v) is 6.45. The molecule has 0 aliphatic carbocycles. The number of rotatable bonds is 3. The van der Waals surface area contributed by atoms with Crippen molar-refractivity contribution in [3.8, 4) is 0 Å². The smallest absolute Gasteiger partial charge is 0.0561 e. The quantitative estimate of drug-likeness (QED) is 0.868. The molecule has 1 atom stereocenters. The number of halogens is 2. The normalized spacial score (nSPS) is 12.2. The summed E-state index contributed by atoms with van der Waals surface area (Å²) in [6.45, 7) is 4.10. The van der Waals surface area contributed by atoms with Gasteiger partial charge in [0.25, 0.3) is 0 Å². The number of anilines is 1. The van der Waals surface area contributed by atoms with Crippen molar-refractivity contribution in [2.75, 3.05) is 5.32 Å². The average Bonchev–Trinajstić information content (AvgIpc) is 2.32. The largest absolute Gasteiger partial charge is 0.377 e. The average molecular weight is 281 g/mol. The first-order valence-electron chi connectivity index (χ1n) is 5.70. The molecule has 2 nitrogen and oxygen atoms in total. The van der Waals surface area contributed by atoms with Gasteiger partial charge in [0.1, 0.15) is 0 Å². The third kappa shape index (κ3) is 2.95. The molecule has 94 valence electrons. The molecule has 1 aromatic heterocycles. The van der Waals surface area contributed by atoms with Gasteiger partial charge in [0.15, 0.2) is 0 Å². The van der Waals surface area contributed by atoms with Crippen LogP contribution in [-0.4, -0.2) is 4.98 Å². The summed E-state index contributed by atoms with van der Waals surface area (Å²) < 4.78 is 0. The molecule has 0 spiro atoms. The van der Waals surface area contributed by atoms with Gasteiger partial charge in [-0.2, -0.15) is 0 Å². The van der Waals surface area contributed by atoms with Gasteiger partial charge in [0.05, 0.1) is 17.9 Å². The maximum Gasteiger partial charge on any atom is 0.0561 e. The van der Waals surface area contributed by atoms with Gasteiger partial charge in [-0.25, -0.2) is 0 Å². The van der Waals surface area contributed by atoms with Gasteiger partial charge >= 0.3 is 0 Å². The molecule has 4 heteroatoms. The lowest BCUT2D eigenvalue weighted by molar-refractivity contribution is 0.881. The van der Waals surface area contributed by atoms with Crippen LogP contribution in [0.4, 0.5) is 5.69 Å². The second-order valence-corrected chi connectivity index (χ2v) is 5.07. The highest BCUT2D eigenvalue weighted by molar-refractivity contribution is 6.35. The Hall–Kier alpha value is -1.25. The molecular weight excluding hydrogens is 267 g/mol. The summed E-state index contributed by atoms with van der Waals surface area (Å²) in [4.78, 5) is 4.11. The molecule has 1 aromatic carbocycles. The Balaban J connectivity index is 2.22. The van der Waals surface area contributed by atoms with E-state index in [0.29, 0.717) is 10.0 Å². The Morgan fingerprint density at radius 1 is 1.22 bits per heavy atom. The van der Waals surface area contributed by atoms with Crippen molar-refractivity contribution >= 4 is 28.9 Å². The molecule has 0 bridgehead atoms. The molecule has 0 aliphatic rings. The Labute approximate surface area is 117 Å². The second-order valence-electron chi connectivity index (χ2n) is 4.22. The van der Waals surface area contributed by atoms with E-state index in [1.807, 2.05) is 31.3 Å². The minimum atomic E-state index is 0.0951. The SMILES string of the molecule is Cc1ccncc1NC(C)c1ccc(Cl)cc1Cl. The summed E-state index contributed by atoms with van der Waals surface area (Å²) in [5, 5.41) is 4.71. The highest BCUT2D eigenvalue weighted by Crippen LogP contribution is 2.28. The van der Waals surface area contributed by atoms with Gasteiger partial charge in [-0.1, -0.05) is 29.3 Å². The number of nitrogens with one attached hydrogen (secondary N) is 1. The Kier molecular flexibility index (Phi) is 4.10. The molecule has 0 saturated heterocycles. The summed E-state index contributed by atoms with van der Waals surface area (Å²) in [6, 6.07) is 7.61. The Bertz CT molecular complexity index is 555. The van der Waals surface area contributed by atoms with Crippen molar-refractivity contribution < 1.29 is 0 Å². The molecular formula is C14H14Cl2N2. The zero-order chi connectivity index (χ0) is 13.1. The van der Waals surface area contributed by atoms with Crippen LogP contribution in [0.1, 0.15) is 24.1 Å². The van der Waals surface area contributed by atoms with Crippen LogP contribution in [0.15, 0.2) is 36.7 Å². The minimum Gasteiger partial charge on any atom is -0.377 e. The lowest BCUT2D eigenvalue weighted by Gasteiger charge is -2.18. The van der Waals surface area contributed by atoms with Crippen LogP contribution >= 0.6 is 23.2 Å². The molecule has 0 saturated carbocycles. The van der Waals surface area contributed by atoms with Crippen molar-refractivity contribution in [2.45, 2.75) is 19.9 Å². The van der Waals surface area contributed by atoms with Crippen LogP contribution in [-0.2, 0) is 0 Å². The third-order valence-corrected chi connectivity index (χ3v) is 3.40. The van der Waals surface area contributed by atoms with E-state index in [2.05, 4.69) is 17.2 Å². The van der Waals surface area contributed by atoms with Crippen LogP contribution in [0.5, 0.6) is 0 Å². The van der Waals surface area contributed by atoms with Crippen LogP contribution in [0, 0.1) is 6.92 Å². The number of aryl methyl sites for hydroxylation is 1. The summed E-state index contributed by atoms with van der Waals surface area (Å²) in [7, 11) is 0. The molecule has 0 amide bonds. The highest BCUT2D eigenvalue weighted by atomic mass is 35.5. The molecule has 2 aromatic rings. The number of hydrogen-bond acceptors (Lipinski definition) is 2. The predicted molar refractivity (Wildman–Crippen MR) is 77.5 cm³/mol. The number of pyridine rings is 1. The molecule has 2 rings (SSSR count). The lowest BCUT2D eigenvalue weighted by Crippen LogP contribution is -2.08. The first kappa shape index (κ1) is 13.2. The van der Waals surface area contributed by atoms with E-state index < -0.39 is 0 Å². The van der Waals surface area contributed by atoms with Gasteiger partial charge < -0.3 is 5.32 Å². The number of aromatic nitrogens is 1. The van der Waals surface area contributed by atoms with E-state index in [1.54, 1.807) is 12.3 Å². The zero-order valence-corrected chi connectivity index (χ0v) is 11.8. The first-order chi connectivity index (χ1) is 8.58. The predicted octanol–water partition coefficient (Wildman–Crippen LogP) is 4.87. The van der Waals surface area contributed by atoms with E-state index in [-0.39, 0.29) is 6.04 Å². The van der Waals surface area contributed by atoms with Crippen molar-refractivity contribution in [3.05, 3.63) is 57.8 Å². The summed E-state index contributed by atoms with van der Waals surface area (Å²) in [5.74, 6) is 0. The highest BCUT2D eigenvalue weighted by Gasteiger charge is 2.10. The summed E-state index contributed by atoms with van der Waals surface area (Å²) in [6.07, 6.45) is 3.59. The summed E-state index contributed by atoms with van der Waals surface area (Å²) in [5.41, 5.74) is 3.18. The van der Waals surface area contributed by atoms with Gasteiger partial charge in [0, 0.05) is 16.2 Å². The zero-order valence-electron chi connectivity index (χ0n) is 10.2. The standard InChI is InChI=1S/C14H14Cl2N2/c1-9-5-6-17-8-14(9)18-10(2)12-4-3-11(15)7-13(12)16/h3-8,10,18H,1-2H3. The number of benzene rings is 1. The van der Waals surface area contributed by atoms with Crippen molar-refractivity contribution in [1.29, 1.82) is 0 Å². The number of nitrogens with zero attached hydrogens (tertiary/aromatic N) is 1. The van der Waals surface area contributed by atoms with Crippen molar-refractivity contribution in [1.82, 2.24) is 4.98 Å². The topological polar surface area (TPSA) is 24.9 Å². The van der Waals surface area contributed by atoms with E-state index in [1.165, 1.54) is 0 Å². The molecule has 0 aliphatic heterocycles. The van der Waals surface area contributed by atoms with E-state index in [0.717, 1.165) is 16.8 Å². The van der Waals surface area contributed by atoms with Crippen LogP contribution in [0.3, 0.4) is 0 Å². The molecule has 0 fully saturated rings. The maximum absolute atomic E-state index is 6.19. The van der Waals surface area contributed by atoms with Crippen LogP contribution in [0.25, 0.3) is 0 Å². The van der Waals surface area contributed by atoms with Crippen LogP contribution in [0.2, 0.25) is 10.0 Å². The Morgan fingerprint density at radius 2 is 2.00 bits per heavy atom. The van der Waals surface area contributed by atoms with E-state index in [9.17, 15) is 0 Å². The lowest BCUT2D eigenvalue weighted by atomic mass is 10.1. The van der Waals surface area contributed by atoms with Gasteiger partial charge in [-0.3, -0.25) is 4.98 Å². The fraction of sp³-hybridized carbons (Fsp3) is 0.214.